The maximum absolute atomic E-state index is 11.4. The van der Waals surface area contributed by atoms with Gasteiger partial charge in [-0.2, -0.15) is 0 Å². The fourth-order valence-electron chi connectivity index (χ4n) is 3.89. The summed E-state index contributed by atoms with van der Waals surface area (Å²) < 4.78 is 11.3. The minimum Gasteiger partial charge on any atom is -0.497 e. The molecule has 3 aromatic carbocycles. The van der Waals surface area contributed by atoms with E-state index in [-0.39, 0.29) is 6.42 Å². The van der Waals surface area contributed by atoms with Crippen molar-refractivity contribution in [2.45, 2.75) is 20.0 Å². The topological polar surface area (TPSA) is 55.8 Å². The van der Waals surface area contributed by atoms with Crippen LogP contribution in [0.1, 0.15) is 35.6 Å². The first-order chi connectivity index (χ1) is 15.0. The zero-order valence-corrected chi connectivity index (χ0v) is 17.6. The third-order valence-electron chi connectivity index (χ3n) is 5.44. The molecule has 0 spiro atoms. The molecule has 0 aromatic heterocycles. The van der Waals surface area contributed by atoms with Gasteiger partial charge in [0, 0.05) is 0 Å². The number of para-hydroxylation sites is 1. The maximum atomic E-state index is 11.4. The van der Waals surface area contributed by atoms with Crippen molar-refractivity contribution in [2.75, 3.05) is 7.11 Å². The number of benzene rings is 3. The molecule has 0 amide bonds. The number of ether oxygens (including phenoxy) is 2. The second-order valence-corrected chi connectivity index (χ2v) is 7.49. The summed E-state index contributed by atoms with van der Waals surface area (Å²) in [6.07, 6.45) is 2.10. The Labute approximate surface area is 182 Å². The molecule has 3 aromatic rings. The molecule has 0 heterocycles. The standard InChI is InChI=1S/C27H24O4/c1-18-24(26-15-22(30-2)11-12-23(26)25(18)16-27(28)29)14-19-7-6-8-20(13-19)17-31-21-9-4-3-5-10-21/h3-15H,16-17H2,1-2H3,(H,28,29)/b24-14-. The van der Waals surface area contributed by atoms with Crippen LogP contribution in [0.15, 0.2) is 78.4 Å². The smallest absolute Gasteiger partial charge is 0.307 e. The van der Waals surface area contributed by atoms with Crippen LogP contribution in [0.25, 0.3) is 17.2 Å². The van der Waals surface area contributed by atoms with Crippen LogP contribution < -0.4 is 9.47 Å². The summed E-state index contributed by atoms with van der Waals surface area (Å²) >= 11 is 0. The lowest BCUT2D eigenvalue weighted by Crippen LogP contribution is -1.97. The lowest BCUT2D eigenvalue weighted by molar-refractivity contribution is -0.135. The summed E-state index contributed by atoms with van der Waals surface area (Å²) in [4.78, 5) is 11.4. The number of hydrogen-bond donors (Lipinski definition) is 1. The molecule has 4 nitrogen and oxygen atoms in total. The summed E-state index contributed by atoms with van der Waals surface area (Å²) in [6.45, 7) is 2.46. The number of fused-ring (bicyclic) bond motifs is 1. The first kappa shape index (κ1) is 20.5. The molecular weight excluding hydrogens is 388 g/mol. The number of hydrogen-bond acceptors (Lipinski definition) is 3. The van der Waals surface area contributed by atoms with Gasteiger partial charge < -0.3 is 14.6 Å². The average molecular weight is 412 g/mol. The van der Waals surface area contributed by atoms with Crippen molar-refractivity contribution in [3.8, 4) is 11.5 Å². The first-order valence-electron chi connectivity index (χ1n) is 10.1. The Kier molecular flexibility index (Phi) is 5.89. The van der Waals surface area contributed by atoms with Gasteiger partial charge in [-0.05, 0) is 82.3 Å². The van der Waals surface area contributed by atoms with E-state index >= 15 is 0 Å². The summed E-state index contributed by atoms with van der Waals surface area (Å²) in [5.41, 5.74) is 6.90. The summed E-state index contributed by atoms with van der Waals surface area (Å²) in [7, 11) is 1.63. The van der Waals surface area contributed by atoms with E-state index in [1.165, 1.54) is 0 Å². The number of allylic oxidation sites excluding steroid dienone is 2. The van der Waals surface area contributed by atoms with Gasteiger partial charge in [0.1, 0.15) is 18.1 Å². The molecule has 0 aliphatic heterocycles. The van der Waals surface area contributed by atoms with Gasteiger partial charge in [0.15, 0.2) is 0 Å². The van der Waals surface area contributed by atoms with Crippen molar-refractivity contribution >= 4 is 23.2 Å². The molecule has 1 aliphatic carbocycles. The van der Waals surface area contributed by atoms with Gasteiger partial charge in [-0.15, -0.1) is 0 Å². The molecule has 156 valence electrons. The predicted octanol–water partition coefficient (Wildman–Crippen LogP) is 6.08. The highest BCUT2D eigenvalue weighted by atomic mass is 16.5. The normalized spacial score (nSPS) is 13.9. The molecule has 0 saturated heterocycles. The fraction of sp³-hybridized carbons (Fsp3) is 0.148. The highest BCUT2D eigenvalue weighted by molar-refractivity contribution is 6.07. The Bertz CT molecular complexity index is 1170. The lowest BCUT2D eigenvalue weighted by atomic mass is 9.99. The Morgan fingerprint density at radius 2 is 1.74 bits per heavy atom. The molecule has 0 fully saturated rings. The van der Waals surface area contributed by atoms with Crippen molar-refractivity contribution in [1.29, 1.82) is 0 Å². The van der Waals surface area contributed by atoms with E-state index < -0.39 is 5.97 Å². The van der Waals surface area contributed by atoms with Crippen LogP contribution in [0.3, 0.4) is 0 Å². The quantitative estimate of drug-likeness (QED) is 0.511. The number of carboxylic acid groups (broad SMARTS) is 1. The molecule has 0 saturated carbocycles. The highest BCUT2D eigenvalue weighted by Gasteiger charge is 2.25. The monoisotopic (exact) mass is 412 g/mol. The van der Waals surface area contributed by atoms with E-state index in [4.69, 9.17) is 9.47 Å². The van der Waals surface area contributed by atoms with Crippen molar-refractivity contribution in [3.63, 3.8) is 0 Å². The van der Waals surface area contributed by atoms with Gasteiger partial charge >= 0.3 is 5.97 Å². The van der Waals surface area contributed by atoms with E-state index in [1.807, 2.05) is 73.7 Å². The molecule has 0 unspecified atom stereocenters. The van der Waals surface area contributed by atoms with Crippen LogP contribution in [0.4, 0.5) is 0 Å². The van der Waals surface area contributed by atoms with Gasteiger partial charge in [0.2, 0.25) is 0 Å². The van der Waals surface area contributed by atoms with Crippen LogP contribution in [0.5, 0.6) is 11.5 Å². The van der Waals surface area contributed by atoms with Crippen molar-refractivity contribution in [1.82, 2.24) is 0 Å². The zero-order chi connectivity index (χ0) is 21.8. The van der Waals surface area contributed by atoms with Gasteiger partial charge in [-0.3, -0.25) is 4.79 Å². The Morgan fingerprint density at radius 3 is 2.48 bits per heavy atom. The number of rotatable bonds is 7. The maximum Gasteiger partial charge on any atom is 0.307 e. The average Bonchev–Trinajstić information content (AvgIpc) is 3.03. The van der Waals surface area contributed by atoms with Crippen LogP contribution in [-0.4, -0.2) is 18.2 Å². The zero-order valence-electron chi connectivity index (χ0n) is 17.6. The van der Waals surface area contributed by atoms with Gasteiger partial charge in [0.25, 0.3) is 0 Å². The minimum atomic E-state index is -0.836. The summed E-state index contributed by atoms with van der Waals surface area (Å²) in [5, 5.41) is 9.39. The molecule has 0 atom stereocenters. The number of carbonyl (C=O) groups is 1. The minimum absolute atomic E-state index is 0.00649. The van der Waals surface area contributed by atoms with E-state index in [0.29, 0.717) is 6.61 Å². The van der Waals surface area contributed by atoms with E-state index in [1.54, 1.807) is 7.11 Å². The molecule has 0 radical (unpaired) electrons. The van der Waals surface area contributed by atoms with Crippen LogP contribution >= 0.6 is 0 Å². The largest absolute Gasteiger partial charge is 0.497 e. The Balaban J connectivity index is 1.67. The molecule has 4 heteroatoms. The van der Waals surface area contributed by atoms with Crippen LogP contribution in [-0.2, 0) is 11.4 Å². The third kappa shape index (κ3) is 4.53. The number of aliphatic carboxylic acids is 1. The second-order valence-electron chi connectivity index (χ2n) is 7.49. The molecule has 1 N–H and O–H groups in total. The van der Waals surface area contributed by atoms with Gasteiger partial charge in [0.05, 0.1) is 13.5 Å². The number of carboxylic acids is 1. The summed E-state index contributed by atoms with van der Waals surface area (Å²) in [6, 6.07) is 23.7. The molecule has 1 aliphatic rings. The Morgan fingerprint density at radius 1 is 0.935 bits per heavy atom. The van der Waals surface area contributed by atoms with Crippen molar-refractivity contribution in [2.24, 2.45) is 0 Å². The molecule has 4 rings (SSSR count). The predicted molar refractivity (Wildman–Crippen MR) is 123 cm³/mol. The van der Waals surface area contributed by atoms with Gasteiger partial charge in [-0.1, -0.05) is 42.5 Å². The van der Waals surface area contributed by atoms with Crippen LogP contribution in [0.2, 0.25) is 0 Å². The SMILES string of the molecule is COc1ccc2c(c1)/C(=C\c1cccc(COc3ccccc3)c1)C(C)=C2CC(=O)O. The van der Waals surface area contributed by atoms with E-state index in [2.05, 4.69) is 12.1 Å². The lowest BCUT2D eigenvalue weighted by Gasteiger charge is -2.09. The van der Waals surface area contributed by atoms with Gasteiger partial charge in [-0.25, -0.2) is 0 Å². The van der Waals surface area contributed by atoms with Crippen molar-refractivity contribution in [3.05, 3.63) is 101 Å². The summed E-state index contributed by atoms with van der Waals surface area (Å²) in [5.74, 6) is 0.747. The molecule has 0 bridgehead atoms. The van der Waals surface area contributed by atoms with E-state index in [9.17, 15) is 9.90 Å². The highest BCUT2D eigenvalue weighted by Crippen LogP contribution is 2.44. The number of methoxy groups -OCH3 is 1. The van der Waals surface area contributed by atoms with Crippen molar-refractivity contribution < 1.29 is 19.4 Å². The third-order valence-corrected chi connectivity index (χ3v) is 5.44. The second kappa shape index (κ2) is 8.92. The van der Waals surface area contributed by atoms with E-state index in [0.717, 1.165) is 50.5 Å². The fourth-order valence-corrected chi connectivity index (χ4v) is 3.89. The first-order valence-corrected chi connectivity index (χ1v) is 10.1. The molecular formula is C27H24O4. The van der Waals surface area contributed by atoms with Crippen LogP contribution in [0, 0.1) is 0 Å². The molecule has 31 heavy (non-hydrogen) atoms. The Hall–Kier alpha value is -3.79.